The van der Waals surface area contributed by atoms with E-state index in [-0.39, 0.29) is 11.3 Å². The molecule has 1 N–H and O–H groups in total. The number of benzene rings is 1. The third-order valence-electron chi connectivity index (χ3n) is 6.33. The van der Waals surface area contributed by atoms with E-state index in [0.717, 1.165) is 60.0 Å². The van der Waals surface area contributed by atoms with Crippen molar-refractivity contribution in [1.82, 2.24) is 24.2 Å². The number of ether oxygens (including phenoxy) is 1. The number of fused-ring (bicyclic) bond motifs is 1. The van der Waals surface area contributed by atoms with Crippen LogP contribution in [0.5, 0.6) is 5.75 Å². The van der Waals surface area contributed by atoms with Crippen LogP contribution in [0.4, 0.5) is 0 Å². The zero-order valence-electron chi connectivity index (χ0n) is 20.4. The van der Waals surface area contributed by atoms with Gasteiger partial charge >= 0.3 is 5.69 Å². The number of carbonyl (C=O) groups excluding carboxylic acids is 1. The number of nitrogens with one attached hydrogen (secondary N) is 1. The van der Waals surface area contributed by atoms with Gasteiger partial charge in [0, 0.05) is 43.1 Å². The standard InChI is InChI=1S/C26H30N6O3/c1-18-15-20(19(2)32(18)22-8-10-23(35-3)11-9-22)16-21(17-27)25(33)28-12-6-14-31-26(34)30-13-5-4-7-24(30)29-31/h8-11,15-16H,4-7,12-14H2,1-3H3,(H,28,33)/b21-16-. The van der Waals surface area contributed by atoms with Gasteiger partial charge in [-0.05, 0) is 75.1 Å². The summed E-state index contributed by atoms with van der Waals surface area (Å²) in [5.41, 5.74) is 3.64. The van der Waals surface area contributed by atoms with E-state index in [2.05, 4.69) is 15.0 Å². The fourth-order valence-electron chi connectivity index (χ4n) is 4.49. The lowest BCUT2D eigenvalue weighted by Crippen LogP contribution is -2.29. The summed E-state index contributed by atoms with van der Waals surface area (Å²) >= 11 is 0. The van der Waals surface area contributed by atoms with Crippen LogP contribution in [0.25, 0.3) is 11.8 Å². The Labute approximate surface area is 204 Å². The highest BCUT2D eigenvalue weighted by Gasteiger charge is 2.17. The molecule has 4 rings (SSSR count). The lowest BCUT2D eigenvalue weighted by atomic mass is 10.1. The van der Waals surface area contributed by atoms with Crippen LogP contribution in [0.3, 0.4) is 0 Å². The van der Waals surface area contributed by atoms with Gasteiger partial charge in [-0.3, -0.25) is 9.36 Å². The van der Waals surface area contributed by atoms with Crippen LogP contribution in [0, 0.1) is 25.2 Å². The molecule has 0 saturated heterocycles. The predicted molar refractivity (Wildman–Crippen MR) is 132 cm³/mol. The molecule has 1 aromatic carbocycles. The van der Waals surface area contributed by atoms with Gasteiger partial charge in [-0.15, -0.1) is 0 Å². The fraction of sp³-hybridized carbons (Fsp3) is 0.385. The second-order valence-corrected chi connectivity index (χ2v) is 8.67. The van der Waals surface area contributed by atoms with Gasteiger partial charge in [0.2, 0.25) is 0 Å². The molecular formula is C26H30N6O3. The average Bonchev–Trinajstić information content (AvgIpc) is 3.34. The maximum atomic E-state index is 12.6. The second-order valence-electron chi connectivity index (χ2n) is 8.67. The zero-order valence-corrected chi connectivity index (χ0v) is 20.4. The monoisotopic (exact) mass is 474 g/mol. The van der Waals surface area contributed by atoms with Crippen molar-refractivity contribution < 1.29 is 9.53 Å². The molecule has 182 valence electrons. The maximum Gasteiger partial charge on any atom is 0.345 e. The van der Waals surface area contributed by atoms with E-state index in [1.54, 1.807) is 17.8 Å². The summed E-state index contributed by atoms with van der Waals surface area (Å²) in [4.78, 5) is 25.1. The SMILES string of the molecule is COc1ccc(-n2c(C)cc(/C=C(/C#N)C(=O)NCCCn3nc4n(c3=O)CCCC4)c2C)cc1. The van der Waals surface area contributed by atoms with Gasteiger partial charge in [-0.2, -0.15) is 10.4 Å². The lowest BCUT2D eigenvalue weighted by Gasteiger charge is -2.10. The first-order valence-corrected chi connectivity index (χ1v) is 11.8. The number of aryl methyl sites for hydroxylation is 3. The van der Waals surface area contributed by atoms with Crippen LogP contribution in [0.1, 0.15) is 42.0 Å². The smallest absolute Gasteiger partial charge is 0.345 e. The molecule has 0 radical (unpaired) electrons. The molecule has 1 aliphatic rings. The molecule has 9 heteroatoms. The number of nitriles is 1. The molecule has 0 saturated carbocycles. The maximum absolute atomic E-state index is 12.6. The molecule has 0 aliphatic carbocycles. The van der Waals surface area contributed by atoms with Crippen molar-refractivity contribution in [2.45, 2.75) is 52.6 Å². The van der Waals surface area contributed by atoms with Gasteiger partial charge in [0.15, 0.2) is 0 Å². The Morgan fingerprint density at radius 2 is 2.03 bits per heavy atom. The molecule has 0 unspecified atom stereocenters. The number of rotatable bonds is 8. The molecule has 1 amide bonds. The number of hydrogen-bond acceptors (Lipinski definition) is 5. The topological polar surface area (TPSA) is 107 Å². The minimum atomic E-state index is -0.432. The van der Waals surface area contributed by atoms with Crippen LogP contribution < -0.4 is 15.7 Å². The van der Waals surface area contributed by atoms with Crippen LogP contribution in [0.15, 0.2) is 40.7 Å². The molecule has 3 aromatic rings. The Kier molecular flexibility index (Phi) is 7.20. The van der Waals surface area contributed by atoms with Crippen molar-refractivity contribution in [3.05, 3.63) is 69.2 Å². The van der Waals surface area contributed by atoms with E-state index >= 15 is 0 Å². The van der Waals surface area contributed by atoms with E-state index in [9.17, 15) is 14.9 Å². The molecule has 1 aliphatic heterocycles. The van der Waals surface area contributed by atoms with Crippen molar-refractivity contribution >= 4 is 12.0 Å². The van der Waals surface area contributed by atoms with Crippen LogP contribution in [-0.2, 0) is 24.3 Å². The van der Waals surface area contributed by atoms with Crippen molar-refractivity contribution in [2.24, 2.45) is 0 Å². The first-order valence-electron chi connectivity index (χ1n) is 11.8. The molecule has 3 heterocycles. The summed E-state index contributed by atoms with van der Waals surface area (Å²) in [7, 11) is 1.63. The van der Waals surface area contributed by atoms with E-state index in [0.29, 0.717) is 19.5 Å². The molecule has 2 aromatic heterocycles. The Hall–Kier alpha value is -4.06. The highest BCUT2D eigenvalue weighted by Crippen LogP contribution is 2.24. The molecular weight excluding hydrogens is 444 g/mol. The third kappa shape index (κ3) is 5.06. The van der Waals surface area contributed by atoms with E-state index < -0.39 is 5.91 Å². The van der Waals surface area contributed by atoms with Crippen molar-refractivity contribution in [3.63, 3.8) is 0 Å². The first kappa shape index (κ1) is 24.1. The summed E-state index contributed by atoms with van der Waals surface area (Å²) in [5.74, 6) is 1.18. The van der Waals surface area contributed by atoms with E-state index in [1.165, 1.54) is 4.68 Å². The Morgan fingerprint density at radius 3 is 2.71 bits per heavy atom. The summed E-state index contributed by atoms with van der Waals surface area (Å²) in [5, 5.41) is 16.8. The van der Waals surface area contributed by atoms with Gasteiger partial charge in [-0.25, -0.2) is 9.48 Å². The largest absolute Gasteiger partial charge is 0.497 e. The van der Waals surface area contributed by atoms with Gasteiger partial charge in [0.1, 0.15) is 23.2 Å². The van der Waals surface area contributed by atoms with Crippen molar-refractivity contribution in [1.29, 1.82) is 5.26 Å². The summed E-state index contributed by atoms with van der Waals surface area (Å²) in [6.45, 7) is 5.43. The Balaban J connectivity index is 1.40. The minimum absolute atomic E-state index is 0.0367. The lowest BCUT2D eigenvalue weighted by molar-refractivity contribution is -0.117. The van der Waals surface area contributed by atoms with Crippen LogP contribution in [-0.4, -0.2) is 38.5 Å². The minimum Gasteiger partial charge on any atom is -0.497 e. The van der Waals surface area contributed by atoms with Gasteiger partial charge in [0.05, 0.1) is 7.11 Å². The summed E-state index contributed by atoms with van der Waals surface area (Å²) in [6.07, 6.45) is 5.05. The first-order chi connectivity index (χ1) is 16.9. The summed E-state index contributed by atoms with van der Waals surface area (Å²) < 4.78 is 10.5. The van der Waals surface area contributed by atoms with Gasteiger partial charge in [0.25, 0.3) is 5.91 Å². The van der Waals surface area contributed by atoms with Crippen molar-refractivity contribution in [2.75, 3.05) is 13.7 Å². The molecule has 0 atom stereocenters. The predicted octanol–water partition coefficient (Wildman–Crippen LogP) is 2.91. The molecule has 0 fully saturated rings. The van der Waals surface area contributed by atoms with Gasteiger partial charge < -0.3 is 14.6 Å². The average molecular weight is 475 g/mol. The van der Waals surface area contributed by atoms with Gasteiger partial charge in [-0.1, -0.05) is 0 Å². The normalized spacial score (nSPS) is 13.3. The Morgan fingerprint density at radius 1 is 1.26 bits per heavy atom. The van der Waals surface area contributed by atoms with Crippen molar-refractivity contribution in [3.8, 4) is 17.5 Å². The third-order valence-corrected chi connectivity index (χ3v) is 6.33. The fourth-order valence-corrected chi connectivity index (χ4v) is 4.49. The zero-order chi connectivity index (χ0) is 24.9. The molecule has 0 bridgehead atoms. The van der Waals surface area contributed by atoms with E-state index in [4.69, 9.17) is 4.74 Å². The number of amides is 1. The number of carbonyl (C=O) groups is 1. The molecule has 0 spiro atoms. The molecule has 9 nitrogen and oxygen atoms in total. The number of aromatic nitrogens is 4. The number of methoxy groups -OCH3 is 1. The van der Waals surface area contributed by atoms with E-state index in [1.807, 2.05) is 50.2 Å². The second kappa shape index (κ2) is 10.5. The summed E-state index contributed by atoms with van der Waals surface area (Å²) in [6, 6.07) is 11.7. The number of nitrogens with zero attached hydrogens (tertiary/aromatic N) is 5. The Bertz CT molecular complexity index is 1350. The quantitative estimate of drug-likeness (QED) is 0.307. The number of hydrogen-bond donors (Lipinski definition) is 1. The van der Waals surface area contributed by atoms with Crippen LogP contribution >= 0.6 is 0 Å². The highest BCUT2D eigenvalue weighted by molar-refractivity contribution is 6.01. The van der Waals surface area contributed by atoms with Crippen LogP contribution in [0.2, 0.25) is 0 Å². The molecule has 35 heavy (non-hydrogen) atoms. The highest BCUT2D eigenvalue weighted by atomic mass is 16.5.